The van der Waals surface area contributed by atoms with E-state index < -0.39 is 11.4 Å². The summed E-state index contributed by atoms with van der Waals surface area (Å²) in [6.45, 7) is 6.36. The molecule has 2 aromatic carbocycles. The number of anilines is 2. The van der Waals surface area contributed by atoms with Crippen molar-refractivity contribution in [1.29, 1.82) is 0 Å². The van der Waals surface area contributed by atoms with Crippen LogP contribution in [0.2, 0.25) is 0 Å². The molecule has 39 heavy (non-hydrogen) atoms. The first-order valence-electron chi connectivity index (χ1n) is 14.5. The van der Waals surface area contributed by atoms with E-state index in [1.54, 1.807) is 30.3 Å². The lowest BCUT2D eigenvalue weighted by atomic mass is 9.80. The van der Waals surface area contributed by atoms with Crippen molar-refractivity contribution in [3.63, 3.8) is 0 Å². The molecule has 0 unspecified atom stereocenters. The lowest BCUT2D eigenvalue weighted by Gasteiger charge is -2.27. The molecular weight excluding hydrogens is 488 g/mol. The molecule has 212 valence electrons. The van der Waals surface area contributed by atoms with Gasteiger partial charge in [-0.15, -0.1) is 0 Å². The fourth-order valence-electron chi connectivity index (χ4n) is 5.31. The van der Waals surface area contributed by atoms with Crippen molar-refractivity contribution in [2.75, 3.05) is 18.1 Å². The molecule has 0 bridgehead atoms. The van der Waals surface area contributed by atoms with Crippen LogP contribution < -0.4 is 16.2 Å². The minimum absolute atomic E-state index is 0.0106. The van der Waals surface area contributed by atoms with Gasteiger partial charge in [0.2, 0.25) is 0 Å². The zero-order chi connectivity index (χ0) is 28.3. The van der Waals surface area contributed by atoms with E-state index in [4.69, 9.17) is 20.9 Å². The highest BCUT2D eigenvalue weighted by atomic mass is 16.5. The summed E-state index contributed by atoms with van der Waals surface area (Å²) < 4.78 is 11.1. The van der Waals surface area contributed by atoms with Gasteiger partial charge in [-0.2, -0.15) is 0 Å². The quantitative estimate of drug-likeness (QED) is 0.0908. The van der Waals surface area contributed by atoms with E-state index in [1.807, 2.05) is 32.0 Å². The summed E-state index contributed by atoms with van der Waals surface area (Å²) in [6, 6.07) is 12.5. The van der Waals surface area contributed by atoms with Gasteiger partial charge in [0.15, 0.2) is 0 Å². The average Bonchev–Trinajstić information content (AvgIpc) is 2.91. The molecule has 1 saturated carbocycles. The standard InChI is InChI=1S/C33H46N2O4/c1-4-5-6-7-8-9-24-10-15-26(16-11-24)32(37)39-28-18-12-25(13-19-28)14-21-31(36)38-23-33(2,3)29-20-17-27(34)22-30(29)35/h12-14,17-22,24,26H,4-11,15-16,23,34-35H2,1-3H3. The number of rotatable bonds is 13. The van der Waals surface area contributed by atoms with Gasteiger partial charge in [0.05, 0.1) is 5.92 Å². The van der Waals surface area contributed by atoms with Crippen LogP contribution in [0.15, 0.2) is 48.5 Å². The number of hydrogen-bond donors (Lipinski definition) is 2. The summed E-state index contributed by atoms with van der Waals surface area (Å²) in [7, 11) is 0. The number of nitrogens with two attached hydrogens (primary N) is 2. The smallest absolute Gasteiger partial charge is 0.330 e. The SMILES string of the molecule is CCCCCCCC1CCC(C(=O)Oc2ccc(C=CC(=O)OCC(C)(C)c3ccc(N)cc3N)cc2)CC1. The summed E-state index contributed by atoms with van der Waals surface area (Å²) in [5.74, 6) is 0.705. The maximum absolute atomic E-state index is 12.7. The Morgan fingerprint density at radius 1 is 0.949 bits per heavy atom. The zero-order valence-electron chi connectivity index (χ0n) is 23.9. The Hall–Kier alpha value is -3.28. The van der Waals surface area contributed by atoms with Crippen LogP contribution in [0, 0.1) is 11.8 Å². The molecule has 0 amide bonds. The molecule has 1 aliphatic carbocycles. The molecule has 0 heterocycles. The van der Waals surface area contributed by atoms with Gasteiger partial charge in [0.25, 0.3) is 0 Å². The fourth-order valence-corrected chi connectivity index (χ4v) is 5.31. The number of esters is 2. The van der Waals surface area contributed by atoms with Gasteiger partial charge >= 0.3 is 11.9 Å². The average molecular weight is 535 g/mol. The number of carbonyl (C=O) groups excluding carboxylic acids is 2. The molecule has 1 aliphatic rings. The maximum atomic E-state index is 12.7. The van der Waals surface area contributed by atoms with Gasteiger partial charge in [-0.05, 0) is 73.1 Å². The lowest BCUT2D eigenvalue weighted by molar-refractivity contribution is -0.140. The van der Waals surface area contributed by atoms with Crippen LogP contribution in [0.4, 0.5) is 11.4 Å². The summed E-state index contributed by atoms with van der Waals surface area (Å²) in [5, 5.41) is 0. The second kappa shape index (κ2) is 14.8. The van der Waals surface area contributed by atoms with Crippen LogP contribution in [0.25, 0.3) is 6.08 Å². The third kappa shape index (κ3) is 9.76. The van der Waals surface area contributed by atoms with Gasteiger partial charge in [0, 0.05) is 22.9 Å². The minimum Gasteiger partial charge on any atom is -0.462 e. The van der Waals surface area contributed by atoms with Crippen LogP contribution in [0.1, 0.15) is 96.1 Å². The Bertz CT molecular complexity index is 1100. The van der Waals surface area contributed by atoms with Crippen LogP contribution >= 0.6 is 0 Å². The second-order valence-corrected chi connectivity index (χ2v) is 11.6. The first kappa shape index (κ1) is 30.3. The van der Waals surface area contributed by atoms with E-state index in [1.165, 1.54) is 44.6 Å². The van der Waals surface area contributed by atoms with E-state index >= 15 is 0 Å². The van der Waals surface area contributed by atoms with Crippen molar-refractivity contribution in [2.24, 2.45) is 11.8 Å². The van der Waals surface area contributed by atoms with Crippen LogP contribution in [0.3, 0.4) is 0 Å². The topological polar surface area (TPSA) is 105 Å². The molecule has 0 aromatic heterocycles. The molecule has 2 aromatic rings. The summed E-state index contributed by atoms with van der Waals surface area (Å²) in [4.78, 5) is 25.0. The number of carbonyl (C=O) groups is 2. The number of unbranched alkanes of at least 4 members (excludes halogenated alkanes) is 4. The Labute approximate surface area is 234 Å². The van der Waals surface area contributed by atoms with Gasteiger partial charge in [-0.1, -0.05) is 77.5 Å². The van der Waals surface area contributed by atoms with Crippen molar-refractivity contribution < 1.29 is 19.1 Å². The van der Waals surface area contributed by atoms with E-state index in [0.29, 0.717) is 17.1 Å². The highest BCUT2D eigenvalue weighted by Gasteiger charge is 2.28. The van der Waals surface area contributed by atoms with Crippen molar-refractivity contribution in [3.05, 3.63) is 59.7 Å². The van der Waals surface area contributed by atoms with Gasteiger partial charge in [-0.25, -0.2) is 4.79 Å². The van der Waals surface area contributed by atoms with E-state index in [-0.39, 0.29) is 18.5 Å². The van der Waals surface area contributed by atoms with Gasteiger partial charge < -0.3 is 20.9 Å². The second-order valence-electron chi connectivity index (χ2n) is 11.6. The largest absolute Gasteiger partial charge is 0.462 e. The highest BCUT2D eigenvalue weighted by molar-refractivity contribution is 5.87. The maximum Gasteiger partial charge on any atom is 0.330 e. The van der Waals surface area contributed by atoms with Crippen molar-refractivity contribution in [3.8, 4) is 5.75 Å². The predicted octanol–water partition coefficient (Wildman–Crippen LogP) is 7.46. The molecule has 0 atom stereocenters. The molecule has 0 saturated heterocycles. The molecule has 3 rings (SSSR count). The summed E-state index contributed by atoms with van der Waals surface area (Å²) in [5.41, 5.74) is 14.3. The molecular formula is C33H46N2O4. The summed E-state index contributed by atoms with van der Waals surface area (Å²) >= 11 is 0. The van der Waals surface area contributed by atoms with Crippen molar-refractivity contribution >= 4 is 29.4 Å². The molecule has 0 spiro atoms. The Kier molecular flexibility index (Phi) is 11.5. The van der Waals surface area contributed by atoms with E-state index in [2.05, 4.69) is 6.92 Å². The number of benzene rings is 2. The first-order chi connectivity index (χ1) is 18.7. The van der Waals surface area contributed by atoms with Crippen LogP contribution in [-0.4, -0.2) is 18.5 Å². The van der Waals surface area contributed by atoms with Crippen LogP contribution in [0.5, 0.6) is 5.75 Å². The lowest BCUT2D eigenvalue weighted by Crippen LogP contribution is -2.27. The zero-order valence-corrected chi connectivity index (χ0v) is 23.9. The Morgan fingerprint density at radius 2 is 1.64 bits per heavy atom. The Balaban J connectivity index is 1.40. The molecule has 6 nitrogen and oxygen atoms in total. The summed E-state index contributed by atoms with van der Waals surface area (Å²) in [6.07, 6.45) is 15.1. The van der Waals surface area contributed by atoms with E-state index in [9.17, 15) is 9.59 Å². The third-order valence-electron chi connectivity index (χ3n) is 7.79. The number of hydrogen-bond acceptors (Lipinski definition) is 6. The molecule has 6 heteroatoms. The fraction of sp³-hybridized carbons (Fsp3) is 0.515. The Morgan fingerprint density at radius 3 is 2.31 bits per heavy atom. The highest BCUT2D eigenvalue weighted by Crippen LogP contribution is 2.33. The van der Waals surface area contributed by atoms with E-state index in [0.717, 1.165) is 42.7 Å². The minimum atomic E-state index is -0.458. The molecule has 4 N–H and O–H groups in total. The molecule has 0 aliphatic heterocycles. The van der Waals surface area contributed by atoms with Gasteiger partial charge in [-0.3, -0.25) is 4.79 Å². The molecule has 0 radical (unpaired) electrons. The number of nitrogen functional groups attached to an aromatic ring is 2. The number of ether oxygens (including phenoxy) is 2. The normalized spacial score (nSPS) is 17.7. The van der Waals surface area contributed by atoms with Crippen molar-refractivity contribution in [1.82, 2.24) is 0 Å². The monoisotopic (exact) mass is 534 g/mol. The van der Waals surface area contributed by atoms with Crippen molar-refractivity contribution in [2.45, 2.75) is 90.4 Å². The third-order valence-corrected chi connectivity index (χ3v) is 7.79. The predicted molar refractivity (Wildman–Crippen MR) is 159 cm³/mol. The molecule has 1 fully saturated rings. The van der Waals surface area contributed by atoms with Crippen LogP contribution in [-0.2, 0) is 19.7 Å². The van der Waals surface area contributed by atoms with Gasteiger partial charge in [0.1, 0.15) is 12.4 Å². The first-order valence-corrected chi connectivity index (χ1v) is 14.5.